The molecule has 1 rings (SSSR count). The van der Waals surface area contributed by atoms with Crippen LogP contribution < -0.4 is 10.6 Å². The lowest BCUT2D eigenvalue weighted by Crippen LogP contribution is -2.20. The summed E-state index contributed by atoms with van der Waals surface area (Å²) >= 11 is 0. The first-order valence-electron chi connectivity index (χ1n) is 4.82. The van der Waals surface area contributed by atoms with Crippen LogP contribution in [0.2, 0.25) is 0 Å². The average molecular weight is 196 g/mol. The van der Waals surface area contributed by atoms with Gasteiger partial charge in [-0.05, 0) is 37.6 Å². The second kappa shape index (κ2) is 4.42. The van der Waals surface area contributed by atoms with Crippen LogP contribution in [0.3, 0.4) is 0 Å². The van der Waals surface area contributed by atoms with Crippen LogP contribution in [0.15, 0.2) is 18.2 Å². The molecule has 0 aromatic heterocycles. The molecule has 0 saturated heterocycles. The highest BCUT2D eigenvalue weighted by Crippen LogP contribution is 2.24. The van der Waals surface area contributed by atoms with Crippen molar-refractivity contribution in [3.05, 3.63) is 29.6 Å². The predicted octanol–water partition coefficient (Wildman–Crippen LogP) is 2.30. The van der Waals surface area contributed by atoms with Crippen LogP contribution in [-0.4, -0.2) is 13.6 Å². The molecule has 0 fully saturated rings. The Labute approximate surface area is 84.5 Å². The molecular formula is C11H17FN2. The molecule has 14 heavy (non-hydrogen) atoms. The molecule has 2 nitrogen and oxygen atoms in total. The van der Waals surface area contributed by atoms with Gasteiger partial charge in [0, 0.05) is 25.3 Å². The minimum absolute atomic E-state index is 0.144. The van der Waals surface area contributed by atoms with E-state index < -0.39 is 0 Å². The molecule has 0 saturated carbocycles. The van der Waals surface area contributed by atoms with Crippen LogP contribution in [-0.2, 0) is 0 Å². The molecule has 0 amide bonds. The van der Waals surface area contributed by atoms with Crippen molar-refractivity contribution in [1.82, 2.24) is 0 Å². The maximum absolute atomic E-state index is 13.0. The van der Waals surface area contributed by atoms with Gasteiger partial charge in [-0.3, -0.25) is 0 Å². The minimum Gasteiger partial charge on any atom is -0.375 e. The second-order valence-electron chi connectivity index (χ2n) is 3.51. The minimum atomic E-state index is -0.231. The third kappa shape index (κ3) is 2.23. The second-order valence-corrected chi connectivity index (χ2v) is 3.51. The van der Waals surface area contributed by atoms with E-state index >= 15 is 0 Å². The van der Waals surface area contributed by atoms with Gasteiger partial charge in [0.25, 0.3) is 0 Å². The quantitative estimate of drug-likeness (QED) is 0.803. The molecule has 3 heteroatoms. The highest BCUT2D eigenvalue weighted by molar-refractivity contribution is 5.54. The first-order valence-corrected chi connectivity index (χ1v) is 4.82. The van der Waals surface area contributed by atoms with Crippen molar-refractivity contribution in [3.63, 3.8) is 0 Å². The molecular weight excluding hydrogens is 179 g/mol. The predicted molar refractivity (Wildman–Crippen MR) is 57.9 cm³/mol. The van der Waals surface area contributed by atoms with Gasteiger partial charge >= 0.3 is 0 Å². The summed E-state index contributed by atoms with van der Waals surface area (Å²) in [5.74, 6) is -0.231. The molecule has 0 aliphatic heterocycles. The molecule has 2 N–H and O–H groups in total. The molecule has 1 atom stereocenters. The topological polar surface area (TPSA) is 29.3 Å². The van der Waals surface area contributed by atoms with E-state index in [0.29, 0.717) is 0 Å². The first-order chi connectivity index (χ1) is 6.56. The normalized spacial score (nSPS) is 12.6. The van der Waals surface area contributed by atoms with Crippen molar-refractivity contribution in [2.24, 2.45) is 5.73 Å². The Morgan fingerprint density at radius 1 is 1.50 bits per heavy atom. The van der Waals surface area contributed by atoms with Crippen molar-refractivity contribution in [2.75, 3.05) is 18.5 Å². The lowest BCUT2D eigenvalue weighted by Gasteiger charge is -2.22. The van der Waals surface area contributed by atoms with Crippen molar-refractivity contribution in [2.45, 2.75) is 19.9 Å². The highest BCUT2D eigenvalue weighted by atomic mass is 19.1. The van der Waals surface area contributed by atoms with E-state index in [4.69, 9.17) is 5.73 Å². The summed E-state index contributed by atoms with van der Waals surface area (Å²) in [5, 5.41) is 0. The Morgan fingerprint density at radius 2 is 2.14 bits per heavy atom. The third-order valence-corrected chi connectivity index (χ3v) is 2.37. The number of rotatable bonds is 3. The summed E-state index contributed by atoms with van der Waals surface area (Å²) in [6.07, 6.45) is 0. The third-order valence-electron chi connectivity index (χ3n) is 2.37. The molecule has 0 heterocycles. The van der Waals surface area contributed by atoms with Crippen molar-refractivity contribution in [1.29, 1.82) is 0 Å². The van der Waals surface area contributed by atoms with E-state index in [1.165, 1.54) is 12.1 Å². The molecule has 1 aromatic carbocycles. The van der Waals surface area contributed by atoms with Crippen LogP contribution in [0.25, 0.3) is 0 Å². The van der Waals surface area contributed by atoms with Gasteiger partial charge in [0.1, 0.15) is 5.82 Å². The molecule has 0 aliphatic rings. The fraction of sp³-hybridized carbons (Fsp3) is 0.455. The largest absolute Gasteiger partial charge is 0.375 e. The number of hydrogen-bond acceptors (Lipinski definition) is 2. The Bertz CT molecular complexity index is 310. The molecule has 0 aliphatic carbocycles. The summed E-state index contributed by atoms with van der Waals surface area (Å²) in [6, 6.07) is 4.60. The summed E-state index contributed by atoms with van der Waals surface area (Å²) in [7, 11) is 1.97. The Kier molecular flexibility index (Phi) is 3.47. The highest BCUT2D eigenvalue weighted by Gasteiger charge is 2.10. The summed E-state index contributed by atoms with van der Waals surface area (Å²) in [6.45, 7) is 4.79. The Balaban J connectivity index is 3.14. The van der Waals surface area contributed by atoms with E-state index in [0.717, 1.165) is 17.8 Å². The van der Waals surface area contributed by atoms with Gasteiger partial charge in [-0.25, -0.2) is 4.39 Å². The standard InChI is InChI=1S/C11H17FN2/c1-4-14(3)11-6-5-9(12)7-10(11)8(2)13/h5-8H,4,13H2,1-3H3/t8-/m1/s1. The zero-order valence-electron chi connectivity index (χ0n) is 8.92. The molecule has 0 spiro atoms. The average Bonchev–Trinajstić information content (AvgIpc) is 2.16. The summed E-state index contributed by atoms with van der Waals surface area (Å²) in [5.41, 5.74) is 7.64. The van der Waals surface area contributed by atoms with Gasteiger partial charge in [-0.1, -0.05) is 0 Å². The van der Waals surface area contributed by atoms with Crippen LogP contribution in [0.1, 0.15) is 25.5 Å². The summed E-state index contributed by atoms with van der Waals surface area (Å²) < 4.78 is 13.0. The van der Waals surface area contributed by atoms with Crippen molar-refractivity contribution < 1.29 is 4.39 Å². The molecule has 0 bridgehead atoms. The van der Waals surface area contributed by atoms with Crippen LogP contribution in [0.4, 0.5) is 10.1 Å². The van der Waals surface area contributed by atoms with Crippen molar-refractivity contribution >= 4 is 5.69 Å². The maximum Gasteiger partial charge on any atom is 0.123 e. The van der Waals surface area contributed by atoms with E-state index in [2.05, 4.69) is 4.90 Å². The summed E-state index contributed by atoms with van der Waals surface area (Å²) in [4.78, 5) is 2.05. The van der Waals surface area contributed by atoms with Gasteiger partial charge in [0.2, 0.25) is 0 Å². The monoisotopic (exact) mass is 196 g/mol. The number of hydrogen-bond donors (Lipinski definition) is 1. The number of nitrogens with two attached hydrogens (primary N) is 1. The van der Waals surface area contributed by atoms with Gasteiger partial charge < -0.3 is 10.6 Å². The van der Waals surface area contributed by atoms with E-state index in [1.54, 1.807) is 6.07 Å². The lowest BCUT2D eigenvalue weighted by atomic mass is 10.1. The van der Waals surface area contributed by atoms with Gasteiger partial charge in [0.05, 0.1) is 0 Å². The zero-order chi connectivity index (χ0) is 10.7. The van der Waals surface area contributed by atoms with Crippen LogP contribution in [0.5, 0.6) is 0 Å². The first kappa shape index (κ1) is 11.0. The SMILES string of the molecule is CCN(C)c1ccc(F)cc1[C@@H](C)N. The number of anilines is 1. The molecule has 0 unspecified atom stereocenters. The lowest BCUT2D eigenvalue weighted by molar-refractivity contribution is 0.622. The van der Waals surface area contributed by atoms with Gasteiger partial charge in [-0.15, -0.1) is 0 Å². The smallest absolute Gasteiger partial charge is 0.123 e. The Hall–Kier alpha value is -1.09. The number of halogens is 1. The fourth-order valence-electron chi connectivity index (χ4n) is 1.41. The fourth-order valence-corrected chi connectivity index (χ4v) is 1.41. The van der Waals surface area contributed by atoms with Crippen LogP contribution >= 0.6 is 0 Å². The molecule has 78 valence electrons. The molecule has 0 radical (unpaired) electrons. The number of nitrogens with zero attached hydrogens (tertiary/aromatic N) is 1. The zero-order valence-corrected chi connectivity index (χ0v) is 8.92. The van der Waals surface area contributed by atoms with Gasteiger partial charge in [0.15, 0.2) is 0 Å². The van der Waals surface area contributed by atoms with Crippen molar-refractivity contribution in [3.8, 4) is 0 Å². The number of benzene rings is 1. The van der Waals surface area contributed by atoms with Crippen LogP contribution in [0, 0.1) is 5.82 Å². The van der Waals surface area contributed by atoms with E-state index in [1.807, 2.05) is 20.9 Å². The van der Waals surface area contributed by atoms with Gasteiger partial charge in [-0.2, -0.15) is 0 Å². The molecule has 1 aromatic rings. The van der Waals surface area contributed by atoms with E-state index in [9.17, 15) is 4.39 Å². The van der Waals surface area contributed by atoms with E-state index in [-0.39, 0.29) is 11.9 Å². The Morgan fingerprint density at radius 3 is 2.64 bits per heavy atom. The maximum atomic E-state index is 13.0.